The van der Waals surface area contributed by atoms with E-state index < -0.39 is 12.0 Å². The van der Waals surface area contributed by atoms with Gasteiger partial charge < -0.3 is 14.8 Å². The Morgan fingerprint density at radius 1 is 1.03 bits per heavy atom. The molecule has 0 aliphatic heterocycles. The summed E-state index contributed by atoms with van der Waals surface area (Å²) in [6.07, 6.45) is 0.136. The summed E-state index contributed by atoms with van der Waals surface area (Å²) in [4.78, 5) is 25.4. The molecule has 0 aromatic heterocycles. The normalized spacial score (nSPS) is 11.7. The number of hydrogen-bond donors (Lipinski definition) is 1. The Labute approximate surface area is 170 Å². The predicted molar refractivity (Wildman–Crippen MR) is 113 cm³/mol. The topological polar surface area (TPSA) is 64.6 Å². The van der Waals surface area contributed by atoms with E-state index in [-0.39, 0.29) is 18.9 Å². The molecule has 3 rings (SSSR count). The van der Waals surface area contributed by atoms with Crippen molar-refractivity contribution in [1.29, 1.82) is 0 Å². The molecule has 0 saturated carbocycles. The molecule has 3 aromatic carbocycles. The van der Waals surface area contributed by atoms with E-state index in [4.69, 9.17) is 9.47 Å². The van der Waals surface area contributed by atoms with Crippen LogP contribution in [0.2, 0.25) is 0 Å². The van der Waals surface area contributed by atoms with E-state index in [1.165, 1.54) is 0 Å². The first-order valence-corrected chi connectivity index (χ1v) is 9.60. The van der Waals surface area contributed by atoms with Crippen molar-refractivity contribution in [2.45, 2.75) is 26.3 Å². The number of fused-ring (bicyclic) bond motifs is 1. The third kappa shape index (κ3) is 4.74. The molecule has 0 aliphatic carbocycles. The van der Waals surface area contributed by atoms with E-state index in [0.29, 0.717) is 0 Å². The zero-order valence-electron chi connectivity index (χ0n) is 16.9. The molecule has 29 heavy (non-hydrogen) atoms. The van der Waals surface area contributed by atoms with Crippen LogP contribution in [0.25, 0.3) is 10.8 Å². The van der Waals surface area contributed by atoms with Gasteiger partial charge in [-0.2, -0.15) is 0 Å². The zero-order valence-corrected chi connectivity index (χ0v) is 16.9. The molecule has 0 bridgehead atoms. The highest BCUT2D eigenvalue weighted by Gasteiger charge is 2.25. The number of benzene rings is 3. The van der Waals surface area contributed by atoms with Gasteiger partial charge in [0, 0.05) is 0 Å². The molecule has 0 spiro atoms. The monoisotopic (exact) mass is 391 g/mol. The zero-order chi connectivity index (χ0) is 20.8. The summed E-state index contributed by atoms with van der Waals surface area (Å²) in [5.41, 5.74) is 2.53. The van der Waals surface area contributed by atoms with Crippen molar-refractivity contribution in [3.05, 3.63) is 77.4 Å². The van der Waals surface area contributed by atoms with Crippen molar-refractivity contribution in [3.63, 3.8) is 0 Å². The molecule has 0 fully saturated rings. The van der Waals surface area contributed by atoms with Gasteiger partial charge in [-0.05, 0) is 47.4 Å². The summed E-state index contributed by atoms with van der Waals surface area (Å²) in [6, 6.07) is 18.2. The van der Waals surface area contributed by atoms with Gasteiger partial charge in [-0.3, -0.25) is 4.79 Å². The molecular weight excluding hydrogens is 366 g/mol. The van der Waals surface area contributed by atoms with Gasteiger partial charge in [-0.1, -0.05) is 54.6 Å². The first-order chi connectivity index (χ1) is 14.0. The van der Waals surface area contributed by atoms with Crippen LogP contribution in [0.3, 0.4) is 0 Å². The van der Waals surface area contributed by atoms with Gasteiger partial charge in [0.05, 0.1) is 20.1 Å². The first kappa shape index (κ1) is 20.4. The van der Waals surface area contributed by atoms with Crippen LogP contribution in [0.15, 0.2) is 60.7 Å². The Hall–Kier alpha value is -3.34. The number of ether oxygens (including phenoxy) is 2. The SMILES string of the molecule is CCOC(=O)[C@@H](NC(=O)Cc1ccc(C)c(OC)c1)c1cccc2ccccc12. The maximum Gasteiger partial charge on any atom is 0.333 e. The van der Waals surface area contributed by atoms with Gasteiger partial charge in [-0.15, -0.1) is 0 Å². The Kier molecular flexibility index (Phi) is 6.50. The third-order valence-electron chi connectivity index (χ3n) is 4.80. The summed E-state index contributed by atoms with van der Waals surface area (Å²) in [6.45, 7) is 3.93. The average molecular weight is 391 g/mol. The standard InChI is InChI=1S/C24H25NO4/c1-4-29-24(27)23(20-11-7-9-18-8-5-6-10-19(18)20)25-22(26)15-17-13-12-16(2)21(14-17)28-3/h5-14,23H,4,15H2,1-3H3,(H,25,26)/t23-/m0/s1. The van der Waals surface area contributed by atoms with E-state index in [2.05, 4.69) is 5.32 Å². The number of carbonyl (C=O) groups is 2. The van der Waals surface area contributed by atoms with Crippen molar-refractivity contribution < 1.29 is 19.1 Å². The molecule has 1 atom stereocenters. The van der Waals surface area contributed by atoms with E-state index >= 15 is 0 Å². The van der Waals surface area contributed by atoms with Crippen LogP contribution in [0.4, 0.5) is 0 Å². The van der Waals surface area contributed by atoms with Gasteiger partial charge >= 0.3 is 5.97 Å². The summed E-state index contributed by atoms with van der Waals surface area (Å²) >= 11 is 0. The lowest BCUT2D eigenvalue weighted by molar-refractivity contribution is -0.147. The minimum atomic E-state index is -0.874. The van der Waals surface area contributed by atoms with Crippen molar-refractivity contribution in [2.75, 3.05) is 13.7 Å². The number of methoxy groups -OCH3 is 1. The van der Waals surface area contributed by atoms with E-state index in [9.17, 15) is 9.59 Å². The fourth-order valence-corrected chi connectivity index (χ4v) is 3.36. The van der Waals surface area contributed by atoms with Crippen LogP contribution >= 0.6 is 0 Å². The second kappa shape index (κ2) is 9.24. The number of carbonyl (C=O) groups excluding carboxylic acids is 2. The summed E-state index contributed by atoms with van der Waals surface area (Å²) in [5.74, 6) is -0.00752. The second-order valence-electron chi connectivity index (χ2n) is 6.80. The maximum absolute atomic E-state index is 12.8. The van der Waals surface area contributed by atoms with Crippen LogP contribution in [0, 0.1) is 6.92 Å². The minimum Gasteiger partial charge on any atom is -0.496 e. The highest BCUT2D eigenvalue weighted by atomic mass is 16.5. The van der Waals surface area contributed by atoms with Crippen LogP contribution in [-0.4, -0.2) is 25.6 Å². The van der Waals surface area contributed by atoms with Gasteiger partial charge in [0.25, 0.3) is 0 Å². The molecule has 0 radical (unpaired) electrons. The number of rotatable bonds is 7. The minimum absolute atomic E-state index is 0.136. The molecule has 0 heterocycles. The number of hydrogen-bond acceptors (Lipinski definition) is 4. The number of esters is 1. The summed E-state index contributed by atoms with van der Waals surface area (Å²) < 4.78 is 10.6. The summed E-state index contributed by atoms with van der Waals surface area (Å²) in [5, 5.41) is 4.76. The van der Waals surface area contributed by atoms with Crippen molar-refractivity contribution in [2.24, 2.45) is 0 Å². The van der Waals surface area contributed by atoms with Gasteiger partial charge in [0.2, 0.25) is 5.91 Å². The molecule has 1 amide bonds. The average Bonchev–Trinajstić information content (AvgIpc) is 2.73. The molecule has 5 nitrogen and oxygen atoms in total. The van der Waals surface area contributed by atoms with Gasteiger partial charge in [0.15, 0.2) is 6.04 Å². The molecule has 0 saturated heterocycles. The highest BCUT2D eigenvalue weighted by Crippen LogP contribution is 2.26. The number of amides is 1. The van der Waals surface area contributed by atoms with Crippen molar-refractivity contribution >= 4 is 22.6 Å². The van der Waals surface area contributed by atoms with Crippen LogP contribution < -0.4 is 10.1 Å². The molecule has 1 N–H and O–H groups in total. The van der Waals surface area contributed by atoms with Crippen LogP contribution in [-0.2, 0) is 20.7 Å². The molecule has 150 valence electrons. The largest absolute Gasteiger partial charge is 0.496 e. The van der Waals surface area contributed by atoms with E-state index in [1.54, 1.807) is 14.0 Å². The number of aryl methyl sites for hydroxylation is 1. The van der Waals surface area contributed by atoms with E-state index in [0.717, 1.165) is 33.2 Å². The fraction of sp³-hybridized carbons (Fsp3) is 0.250. The first-order valence-electron chi connectivity index (χ1n) is 9.60. The molecule has 5 heteroatoms. The predicted octanol–water partition coefficient (Wildman–Crippen LogP) is 4.12. The highest BCUT2D eigenvalue weighted by molar-refractivity contribution is 5.93. The van der Waals surface area contributed by atoms with Gasteiger partial charge in [0.1, 0.15) is 5.75 Å². The van der Waals surface area contributed by atoms with E-state index in [1.807, 2.05) is 67.6 Å². The lowest BCUT2D eigenvalue weighted by Gasteiger charge is -2.19. The fourth-order valence-electron chi connectivity index (χ4n) is 3.36. The molecular formula is C24H25NO4. The number of nitrogens with one attached hydrogen (secondary N) is 1. The lowest BCUT2D eigenvalue weighted by atomic mass is 9.98. The Morgan fingerprint density at radius 2 is 1.79 bits per heavy atom. The molecule has 3 aromatic rings. The Bertz CT molecular complexity index is 1020. The van der Waals surface area contributed by atoms with Gasteiger partial charge in [-0.25, -0.2) is 4.79 Å². The maximum atomic E-state index is 12.8. The quantitative estimate of drug-likeness (QED) is 0.616. The second-order valence-corrected chi connectivity index (χ2v) is 6.80. The third-order valence-corrected chi connectivity index (χ3v) is 4.80. The Balaban J connectivity index is 1.88. The molecule has 0 aliphatic rings. The smallest absolute Gasteiger partial charge is 0.333 e. The van der Waals surface area contributed by atoms with Crippen LogP contribution in [0.1, 0.15) is 29.7 Å². The van der Waals surface area contributed by atoms with Crippen molar-refractivity contribution in [3.8, 4) is 5.75 Å². The lowest BCUT2D eigenvalue weighted by Crippen LogP contribution is -2.36. The summed E-state index contributed by atoms with van der Waals surface area (Å²) in [7, 11) is 1.60. The van der Waals surface area contributed by atoms with Crippen molar-refractivity contribution in [1.82, 2.24) is 5.32 Å². The van der Waals surface area contributed by atoms with Crippen LogP contribution in [0.5, 0.6) is 5.75 Å². The Morgan fingerprint density at radius 3 is 2.55 bits per heavy atom. The molecule has 0 unspecified atom stereocenters.